The van der Waals surface area contributed by atoms with E-state index in [1.165, 1.54) is 38.6 Å². The van der Waals surface area contributed by atoms with Crippen molar-refractivity contribution in [3.8, 4) is 11.5 Å². The van der Waals surface area contributed by atoms with Gasteiger partial charge in [-0.1, -0.05) is 11.6 Å². The third kappa shape index (κ3) is 3.35. The summed E-state index contributed by atoms with van der Waals surface area (Å²) in [5.41, 5.74) is 0.430. The molecule has 7 heteroatoms. The lowest BCUT2D eigenvalue weighted by atomic mass is 10.2. The van der Waals surface area contributed by atoms with Crippen molar-refractivity contribution in [3.05, 3.63) is 51.4 Å². The normalized spacial score (nSPS) is 10.0. The molecule has 0 spiro atoms. The number of carbonyl (C=O) groups is 1. The summed E-state index contributed by atoms with van der Waals surface area (Å²) < 4.78 is 10.3. The summed E-state index contributed by atoms with van der Waals surface area (Å²) in [6, 6.07) is 5.80. The predicted octanol–water partition coefficient (Wildman–Crippen LogP) is 2.30. The van der Waals surface area contributed by atoms with Crippen LogP contribution in [0.2, 0.25) is 5.02 Å². The van der Waals surface area contributed by atoms with Crippen LogP contribution in [-0.2, 0) is 0 Å². The van der Waals surface area contributed by atoms with E-state index >= 15 is 0 Å². The van der Waals surface area contributed by atoms with E-state index in [0.29, 0.717) is 27.8 Å². The molecule has 0 saturated carbocycles. The summed E-state index contributed by atoms with van der Waals surface area (Å²) in [7, 11) is 2.96. The smallest absolute Gasteiger partial charge is 0.257 e. The fourth-order valence-electron chi connectivity index (χ4n) is 1.70. The SMILES string of the molecule is COc1cc(OC)c(NC(=O)c2ccc(=O)[nH]c2)cc1Cl. The Morgan fingerprint density at radius 3 is 2.48 bits per heavy atom. The molecule has 0 aliphatic heterocycles. The Morgan fingerprint density at radius 1 is 1.19 bits per heavy atom. The lowest BCUT2D eigenvalue weighted by molar-refractivity contribution is 0.102. The Balaban J connectivity index is 2.30. The highest BCUT2D eigenvalue weighted by Crippen LogP contribution is 2.36. The van der Waals surface area contributed by atoms with Crippen LogP contribution in [-0.4, -0.2) is 25.1 Å². The number of ether oxygens (including phenoxy) is 2. The van der Waals surface area contributed by atoms with E-state index in [1.807, 2.05) is 0 Å². The number of aromatic nitrogens is 1. The molecule has 0 saturated heterocycles. The Bertz CT molecular complexity index is 707. The molecular weight excluding hydrogens is 296 g/mol. The van der Waals surface area contributed by atoms with Gasteiger partial charge in [-0.05, 0) is 12.1 Å². The number of rotatable bonds is 4. The lowest BCUT2D eigenvalue weighted by Crippen LogP contribution is -2.15. The van der Waals surface area contributed by atoms with Gasteiger partial charge in [0.05, 0.1) is 30.5 Å². The van der Waals surface area contributed by atoms with Crippen LogP contribution in [0.3, 0.4) is 0 Å². The van der Waals surface area contributed by atoms with Crippen LogP contribution >= 0.6 is 11.6 Å². The second-order valence-corrected chi connectivity index (χ2v) is 4.49. The molecule has 1 heterocycles. The van der Waals surface area contributed by atoms with Crippen molar-refractivity contribution in [1.82, 2.24) is 4.98 Å². The van der Waals surface area contributed by atoms with Crippen molar-refractivity contribution in [2.45, 2.75) is 0 Å². The highest BCUT2D eigenvalue weighted by Gasteiger charge is 2.13. The maximum absolute atomic E-state index is 12.1. The molecule has 0 atom stereocenters. The van der Waals surface area contributed by atoms with Gasteiger partial charge in [0.1, 0.15) is 11.5 Å². The average molecular weight is 309 g/mol. The molecule has 1 amide bonds. The second kappa shape index (κ2) is 6.32. The maximum Gasteiger partial charge on any atom is 0.257 e. The van der Waals surface area contributed by atoms with Gasteiger partial charge in [-0.15, -0.1) is 0 Å². The van der Waals surface area contributed by atoms with Crippen LogP contribution in [0.25, 0.3) is 0 Å². The van der Waals surface area contributed by atoms with Crippen LogP contribution in [0.1, 0.15) is 10.4 Å². The fraction of sp³-hybridized carbons (Fsp3) is 0.143. The predicted molar refractivity (Wildman–Crippen MR) is 79.6 cm³/mol. The van der Waals surface area contributed by atoms with Crippen molar-refractivity contribution < 1.29 is 14.3 Å². The molecule has 0 aliphatic carbocycles. The van der Waals surface area contributed by atoms with Crippen LogP contribution in [0.5, 0.6) is 11.5 Å². The topological polar surface area (TPSA) is 80.4 Å². The number of hydrogen-bond acceptors (Lipinski definition) is 4. The number of pyridine rings is 1. The van der Waals surface area contributed by atoms with Crippen LogP contribution < -0.4 is 20.3 Å². The van der Waals surface area contributed by atoms with E-state index in [0.717, 1.165) is 0 Å². The molecule has 2 aromatic rings. The summed E-state index contributed by atoms with van der Waals surface area (Å²) in [5.74, 6) is 0.454. The third-order valence-corrected chi connectivity index (χ3v) is 3.06. The first-order valence-corrected chi connectivity index (χ1v) is 6.34. The summed E-state index contributed by atoms with van der Waals surface area (Å²) in [5, 5.41) is 3.01. The molecule has 2 N–H and O–H groups in total. The molecule has 0 bridgehead atoms. The molecule has 0 radical (unpaired) electrons. The molecule has 0 fully saturated rings. The highest BCUT2D eigenvalue weighted by atomic mass is 35.5. The molecule has 1 aromatic heterocycles. The molecule has 0 aliphatic rings. The van der Waals surface area contributed by atoms with Crippen molar-refractivity contribution in [2.75, 3.05) is 19.5 Å². The Hall–Kier alpha value is -2.47. The Kier molecular flexibility index (Phi) is 4.49. The number of H-pyrrole nitrogens is 1. The van der Waals surface area contributed by atoms with Crippen molar-refractivity contribution in [2.24, 2.45) is 0 Å². The monoisotopic (exact) mass is 308 g/mol. The number of methoxy groups -OCH3 is 2. The van der Waals surface area contributed by atoms with Gasteiger partial charge in [0, 0.05) is 18.3 Å². The summed E-state index contributed by atoms with van der Waals surface area (Å²) in [6.45, 7) is 0. The first-order valence-electron chi connectivity index (χ1n) is 5.96. The van der Waals surface area contributed by atoms with E-state index < -0.39 is 5.91 Å². The minimum atomic E-state index is -0.397. The van der Waals surface area contributed by atoms with Gasteiger partial charge in [0.2, 0.25) is 5.56 Å². The zero-order chi connectivity index (χ0) is 15.4. The molecule has 1 aromatic carbocycles. The molecule has 6 nitrogen and oxygen atoms in total. The number of carbonyl (C=O) groups excluding carboxylic acids is 1. The molecule has 2 rings (SSSR count). The molecule has 0 unspecified atom stereocenters. The third-order valence-electron chi connectivity index (χ3n) is 2.77. The van der Waals surface area contributed by atoms with Crippen molar-refractivity contribution in [1.29, 1.82) is 0 Å². The molecule has 110 valence electrons. The number of benzene rings is 1. The second-order valence-electron chi connectivity index (χ2n) is 4.08. The Morgan fingerprint density at radius 2 is 1.90 bits per heavy atom. The quantitative estimate of drug-likeness (QED) is 0.908. The lowest BCUT2D eigenvalue weighted by Gasteiger charge is -2.13. The zero-order valence-corrected chi connectivity index (χ0v) is 12.2. The largest absolute Gasteiger partial charge is 0.495 e. The van der Waals surface area contributed by atoms with E-state index in [1.54, 1.807) is 6.07 Å². The van der Waals surface area contributed by atoms with E-state index in [9.17, 15) is 9.59 Å². The number of aromatic amines is 1. The number of amides is 1. The number of hydrogen-bond donors (Lipinski definition) is 2. The summed E-state index contributed by atoms with van der Waals surface area (Å²) in [6.07, 6.45) is 1.33. The Labute approximate surface area is 125 Å². The zero-order valence-electron chi connectivity index (χ0n) is 11.4. The van der Waals surface area contributed by atoms with Gasteiger partial charge in [-0.25, -0.2) is 0 Å². The average Bonchev–Trinajstić information content (AvgIpc) is 2.48. The highest BCUT2D eigenvalue weighted by molar-refractivity contribution is 6.32. The van der Waals surface area contributed by atoms with Crippen LogP contribution in [0.4, 0.5) is 5.69 Å². The van der Waals surface area contributed by atoms with Crippen molar-refractivity contribution in [3.63, 3.8) is 0 Å². The fourth-order valence-corrected chi connectivity index (χ4v) is 1.94. The standard InChI is InChI=1S/C14H13ClN2O4/c1-20-11-6-12(21-2)10(5-9(11)15)17-14(19)8-3-4-13(18)16-7-8/h3-7H,1-2H3,(H,16,18)(H,17,19). The molecule has 21 heavy (non-hydrogen) atoms. The van der Waals surface area contributed by atoms with E-state index in [-0.39, 0.29) is 5.56 Å². The first kappa shape index (κ1) is 14.9. The van der Waals surface area contributed by atoms with E-state index in [2.05, 4.69) is 10.3 Å². The first-order chi connectivity index (χ1) is 10.0. The van der Waals surface area contributed by atoms with Gasteiger partial charge < -0.3 is 19.8 Å². The van der Waals surface area contributed by atoms with Gasteiger partial charge in [0.25, 0.3) is 5.91 Å². The van der Waals surface area contributed by atoms with Crippen LogP contribution in [0, 0.1) is 0 Å². The minimum Gasteiger partial charge on any atom is -0.495 e. The summed E-state index contributed by atoms with van der Waals surface area (Å²) >= 11 is 6.03. The van der Waals surface area contributed by atoms with Crippen LogP contribution in [0.15, 0.2) is 35.3 Å². The van der Waals surface area contributed by atoms with Crippen molar-refractivity contribution >= 4 is 23.2 Å². The number of halogens is 1. The summed E-state index contributed by atoms with van der Waals surface area (Å²) in [4.78, 5) is 25.5. The van der Waals surface area contributed by atoms with Gasteiger partial charge in [0.15, 0.2) is 0 Å². The molecular formula is C14H13ClN2O4. The number of anilines is 1. The van der Waals surface area contributed by atoms with Gasteiger partial charge in [-0.3, -0.25) is 9.59 Å². The minimum absolute atomic E-state index is 0.281. The van der Waals surface area contributed by atoms with E-state index in [4.69, 9.17) is 21.1 Å². The van der Waals surface area contributed by atoms with Gasteiger partial charge in [-0.2, -0.15) is 0 Å². The number of nitrogens with one attached hydrogen (secondary N) is 2. The maximum atomic E-state index is 12.1. The van der Waals surface area contributed by atoms with Gasteiger partial charge >= 0.3 is 0 Å².